The number of aliphatic hydroxyl groups is 9. The maximum Gasteiger partial charge on any atom is 0.372 e. The Labute approximate surface area is 182 Å². The van der Waals surface area contributed by atoms with E-state index in [9.17, 15) is 39.6 Å². The summed E-state index contributed by atoms with van der Waals surface area (Å²) in [5.41, 5.74) is 0. The number of Topliss-reactive ketones (excluding diaryl/α,β-unsaturated/α-hetero) is 1. The van der Waals surface area contributed by atoms with Gasteiger partial charge in [0.15, 0.2) is 6.29 Å². The van der Waals surface area contributed by atoms with E-state index in [1.807, 2.05) is 5.32 Å². The van der Waals surface area contributed by atoms with E-state index in [1.54, 1.807) is 0 Å². The molecule has 15 nitrogen and oxygen atoms in total. The van der Waals surface area contributed by atoms with E-state index in [0.29, 0.717) is 0 Å². The molecule has 0 aliphatic rings. The van der Waals surface area contributed by atoms with Crippen molar-refractivity contribution in [3.8, 4) is 0 Å². The van der Waals surface area contributed by atoms with Gasteiger partial charge in [-0.1, -0.05) is 0 Å². The molecule has 0 unspecified atom stereocenters. The van der Waals surface area contributed by atoms with Gasteiger partial charge in [-0.3, -0.25) is 9.59 Å². The van der Waals surface area contributed by atoms with E-state index < -0.39 is 85.6 Å². The van der Waals surface area contributed by atoms with E-state index >= 15 is 0 Å². The highest BCUT2D eigenvalue weighted by molar-refractivity contribution is 6.32. The average Bonchev–Trinajstić information content (AvgIpc) is 2.73. The van der Waals surface area contributed by atoms with Crippen LogP contribution in [0.15, 0.2) is 0 Å². The molecule has 0 aromatic rings. The number of carbonyl (C=O) groups excluding carboxylic acids is 3. The second kappa shape index (κ2) is 15.7. The third-order valence-corrected chi connectivity index (χ3v) is 4.05. The predicted molar refractivity (Wildman–Crippen MR) is 102 cm³/mol. The smallest absolute Gasteiger partial charge is 0.372 e. The van der Waals surface area contributed by atoms with Crippen molar-refractivity contribution in [3.63, 3.8) is 0 Å². The summed E-state index contributed by atoms with van der Waals surface area (Å²) in [6, 6.07) is -1.61. The van der Waals surface area contributed by atoms with Crippen molar-refractivity contribution in [3.05, 3.63) is 0 Å². The Kier molecular flexibility index (Phi) is 15.7. The van der Waals surface area contributed by atoms with E-state index in [4.69, 9.17) is 30.6 Å². The molecule has 0 fully saturated rings. The molecule has 9 atom stereocenters. The van der Waals surface area contributed by atoms with Gasteiger partial charge in [0, 0.05) is 13.3 Å². The van der Waals surface area contributed by atoms with Crippen LogP contribution in [0.2, 0.25) is 0 Å². The summed E-state index contributed by atoms with van der Waals surface area (Å²) < 4.78 is 0. The zero-order chi connectivity index (χ0) is 25.8. The van der Waals surface area contributed by atoms with Crippen LogP contribution in [0.5, 0.6) is 0 Å². The lowest BCUT2D eigenvalue weighted by molar-refractivity contribution is -0.151. The average molecular weight is 473 g/mol. The first kappa shape index (κ1) is 32.1. The standard InChI is InChI=1S/C11H19NO9.C6H12O5/c1-4(14)12-8(5(15)2-6(16)11(20)21)10(19)9(18)7(17)3-13;1-3(8)5(10)6(11)4(9)2-7/h5,7-10,13,15,17-19H,2-3H2,1H3,(H,12,14)(H,20,21);2-6,8-11H,1H3/t5-,7+,8+,9+,10+;3-,4+,5+,6-/m00/s1. The van der Waals surface area contributed by atoms with Crippen LogP contribution in [0.1, 0.15) is 20.3 Å². The van der Waals surface area contributed by atoms with Crippen LogP contribution in [0.25, 0.3) is 0 Å². The lowest BCUT2D eigenvalue weighted by atomic mass is 9.94. The number of carboxylic acid groups (broad SMARTS) is 1. The molecule has 11 N–H and O–H groups in total. The highest BCUT2D eigenvalue weighted by atomic mass is 16.4. The zero-order valence-electron chi connectivity index (χ0n) is 17.3. The summed E-state index contributed by atoms with van der Waals surface area (Å²) in [7, 11) is 0. The number of rotatable bonds is 13. The maximum atomic E-state index is 11.0. The lowest BCUT2D eigenvalue weighted by Gasteiger charge is -2.32. The quantitative estimate of drug-likeness (QED) is 0.0876. The number of amides is 1. The van der Waals surface area contributed by atoms with Gasteiger partial charge in [-0.2, -0.15) is 0 Å². The van der Waals surface area contributed by atoms with Gasteiger partial charge >= 0.3 is 5.97 Å². The van der Waals surface area contributed by atoms with Crippen molar-refractivity contribution in [2.75, 3.05) is 6.61 Å². The second-order valence-electron chi connectivity index (χ2n) is 6.81. The van der Waals surface area contributed by atoms with Crippen molar-refractivity contribution in [2.24, 2.45) is 0 Å². The largest absolute Gasteiger partial charge is 0.475 e. The number of carboxylic acids is 1. The van der Waals surface area contributed by atoms with Crippen LogP contribution in [-0.4, -0.2) is 136 Å². The van der Waals surface area contributed by atoms with Crippen molar-refractivity contribution in [1.29, 1.82) is 0 Å². The van der Waals surface area contributed by atoms with Gasteiger partial charge < -0.3 is 61.2 Å². The molecule has 0 aromatic carbocycles. The molecule has 0 heterocycles. The number of hydrogen-bond donors (Lipinski definition) is 11. The van der Waals surface area contributed by atoms with Gasteiger partial charge in [0.25, 0.3) is 0 Å². The molecular weight excluding hydrogens is 442 g/mol. The Bertz CT molecular complexity index is 600. The number of hydrogen-bond acceptors (Lipinski definition) is 13. The lowest BCUT2D eigenvalue weighted by Crippen LogP contribution is -2.57. The highest BCUT2D eigenvalue weighted by Crippen LogP contribution is 2.12. The van der Waals surface area contributed by atoms with Crippen LogP contribution in [0, 0.1) is 0 Å². The highest BCUT2D eigenvalue weighted by Gasteiger charge is 2.37. The molecule has 0 radical (unpaired) electrons. The van der Waals surface area contributed by atoms with Crippen molar-refractivity contribution >= 4 is 23.9 Å². The first-order valence-corrected chi connectivity index (χ1v) is 9.16. The minimum Gasteiger partial charge on any atom is -0.475 e. The Morgan fingerprint density at radius 3 is 1.69 bits per heavy atom. The molecule has 0 aliphatic heterocycles. The van der Waals surface area contributed by atoms with Crippen LogP contribution in [-0.2, 0) is 19.2 Å². The van der Waals surface area contributed by atoms with Crippen LogP contribution in [0.4, 0.5) is 0 Å². The molecule has 32 heavy (non-hydrogen) atoms. The first-order chi connectivity index (χ1) is 14.6. The topological polar surface area (TPSA) is 283 Å². The fraction of sp³-hybridized carbons (Fsp3) is 0.765. The summed E-state index contributed by atoms with van der Waals surface area (Å²) in [4.78, 5) is 42.3. The molecule has 0 bridgehead atoms. The van der Waals surface area contributed by atoms with Crippen LogP contribution in [0.3, 0.4) is 0 Å². The molecule has 1 amide bonds. The van der Waals surface area contributed by atoms with Gasteiger partial charge in [-0.15, -0.1) is 0 Å². The SMILES string of the molecule is CC(=O)N[C@@H]([C@@H](O)[C@H](O)[C@H](O)CO)[C@@H](O)CC(=O)C(=O)O.C[C@H](O)[C@@H](O)[C@@H](O)[C@H](O)C=O. The van der Waals surface area contributed by atoms with E-state index in [1.165, 1.54) is 6.92 Å². The summed E-state index contributed by atoms with van der Waals surface area (Å²) in [6.07, 6.45) is -14.2. The van der Waals surface area contributed by atoms with E-state index in [2.05, 4.69) is 0 Å². The molecule has 15 heteroatoms. The molecule has 188 valence electrons. The molecule has 0 aromatic heterocycles. The maximum absolute atomic E-state index is 11.0. The number of aliphatic carboxylic acids is 1. The Hall–Kier alpha value is -2.08. The Morgan fingerprint density at radius 1 is 0.844 bits per heavy atom. The summed E-state index contributed by atoms with van der Waals surface area (Å²) >= 11 is 0. The summed E-state index contributed by atoms with van der Waals surface area (Å²) in [6.45, 7) is 1.38. The Balaban J connectivity index is 0. The fourth-order valence-corrected chi connectivity index (χ4v) is 2.16. The van der Waals surface area contributed by atoms with Crippen molar-refractivity contribution < 1.29 is 70.2 Å². The van der Waals surface area contributed by atoms with Crippen LogP contribution >= 0.6 is 0 Å². The van der Waals surface area contributed by atoms with E-state index in [-0.39, 0.29) is 6.29 Å². The summed E-state index contributed by atoms with van der Waals surface area (Å²) in [5.74, 6) is -3.89. The molecule has 0 saturated heterocycles. The van der Waals surface area contributed by atoms with Gasteiger partial charge in [0.2, 0.25) is 11.7 Å². The number of carbonyl (C=O) groups is 4. The van der Waals surface area contributed by atoms with Gasteiger partial charge in [0.05, 0.1) is 24.9 Å². The van der Waals surface area contributed by atoms with Gasteiger partial charge in [-0.25, -0.2) is 4.79 Å². The monoisotopic (exact) mass is 473 g/mol. The number of aldehydes is 1. The normalized spacial score (nSPS) is 19.5. The molecule has 0 spiro atoms. The van der Waals surface area contributed by atoms with E-state index in [0.717, 1.165) is 6.92 Å². The molecule has 0 saturated carbocycles. The van der Waals surface area contributed by atoms with Crippen molar-refractivity contribution in [2.45, 2.75) is 75.1 Å². The minimum atomic E-state index is -1.94. The summed E-state index contributed by atoms with van der Waals surface area (Å²) in [5, 5.41) is 92.5. The number of ketones is 1. The third-order valence-electron chi connectivity index (χ3n) is 4.05. The van der Waals surface area contributed by atoms with Crippen LogP contribution < -0.4 is 5.32 Å². The van der Waals surface area contributed by atoms with Crippen molar-refractivity contribution in [1.82, 2.24) is 5.32 Å². The first-order valence-electron chi connectivity index (χ1n) is 9.16. The molecule has 0 aliphatic carbocycles. The zero-order valence-corrected chi connectivity index (χ0v) is 17.3. The molecule has 0 rings (SSSR count). The molecular formula is C17H31NO14. The van der Waals surface area contributed by atoms with Gasteiger partial charge in [0.1, 0.15) is 36.6 Å². The Morgan fingerprint density at radius 2 is 1.34 bits per heavy atom. The number of nitrogens with one attached hydrogen (secondary N) is 1. The predicted octanol–water partition coefficient (Wildman–Crippen LogP) is -6.38. The number of aliphatic hydroxyl groups excluding tert-OH is 9. The fourth-order valence-electron chi connectivity index (χ4n) is 2.16. The second-order valence-corrected chi connectivity index (χ2v) is 6.81. The third kappa shape index (κ3) is 11.5. The minimum absolute atomic E-state index is 0.0935. The van der Waals surface area contributed by atoms with Gasteiger partial charge in [-0.05, 0) is 6.92 Å².